The van der Waals surface area contributed by atoms with Gasteiger partial charge in [-0.3, -0.25) is 4.90 Å². The molecule has 2 aliphatic heterocycles. The van der Waals surface area contributed by atoms with Gasteiger partial charge in [0.1, 0.15) is 0 Å². The molecule has 76 valence electrons. The SMILES string of the molecule is CC1CCCN1C1(C)CCNCC1. The molecule has 2 heterocycles. The molecule has 0 saturated carbocycles. The number of hydrogen-bond acceptors (Lipinski definition) is 2. The van der Waals surface area contributed by atoms with Gasteiger partial charge < -0.3 is 5.32 Å². The van der Waals surface area contributed by atoms with Crippen molar-refractivity contribution in [3.63, 3.8) is 0 Å². The maximum atomic E-state index is 3.45. The van der Waals surface area contributed by atoms with E-state index in [2.05, 4.69) is 24.1 Å². The van der Waals surface area contributed by atoms with Crippen molar-refractivity contribution in [2.24, 2.45) is 0 Å². The van der Waals surface area contributed by atoms with Crippen molar-refractivity contribution in [3.05, 3.63) is 0 Å². The summed E-state index contributed by atoms with van der Waals surface area (Å²) in [5.41, 5.74) is 0.501. The fourth-order valence-electron chi connectivity index (χ4n) is 2.99. The quantitative estimate of drug-likeness (QED) is 0.663. The van der Waals surface area contributed by atoms with Crippen molar-refractivity contribution < 1.29 is 0 Å². The molecule has 2 fully saturated rings. The van der Waals surface area contributed by atoms with Gasteiger partial charge in [0, 0.05) is 11.6 Å². The van der Waals surface area contributed by atoms with Crippen LogP contribution < -0.4 is 5.32 Å². The molecule has 0 aromatic heterocycles. The van der Waals surface area contributed by atoms with E-state index in [1.165, 1.54) is 45.3 Å². The largest absolute Gasteiger partial charge is 0.317 e. The maximum absolute atomic E-state index is 3.45. The third kappa shape index (κ3) is 1.75. The van der Waals surface area contributed by atoms with E-state index >= 15 is 0 Å². The van der Waals surface area contributed by atoms with Crippen LogP contribution in [0, 0.1) is 0 Å². The molecule has 0 bridgehead atoms. The number of likely N-dealkylation sites (tertiary alicyclic amines) is 1. The van der Waals surface area contributed by atoms with Gasteiger partial charge in [-0.2, -0.15) is 0 Å². The van der Waals surface area contributed by atoms with Crippen molar-refractivity contribution in [1.29, 1.82) is 0 Å². The van der Waals surface area contributed by atoms with Crippen LogP contribution in [-0.4, -0.2) is 36.1 Å². The molecule has 0 amide bonds. The highest BCUT2D eigenvalue weighted by atomic mass is 15.2. The lowest BCUT2D eigenvalue weighted by Crippen LogP contribution is -2.53. The summed E-state index contributed by atoms with van der Waals surface area (Å²) in [5, 5.41) is 3.45. The Kier molecular flexibility index (Phi) is 2.61. The predicted molar refractivity (Wildman–Crippen MR) is 55.9 cm³/mol. The van der Waals surface area contributed by atoms with Crippen molar-refractivity contribution in [3.8, 4) is 0 Å². The van der Waals surface area contributed by atoms with Crippen LogP contribution in [0.2, 0.25) is 0 Å². The Hall–Kier alpha value is -0.0800. The van der Waals surface area contributed by atoms with Gasteiger partial charge in [0.15, 0.2) is 0 Å². The van der Waals surface area contributed by atoms with Crippen LogP contribution >= 0.6 is 0 Å². The summed E-state index contributed by atoms with van der Waals surface area (Å²) in [5.74, 6) is 0. The van der Waals surface area contributed by atoms with Crippen LogP contribution in [0.3, 0.4) is 0 Å². The molecule has 2 heteroatoms. The minimum Gasteiger partial charge on any atom is -0.317 e. The Balaban J connectivity index is 2.03. The summed E-state index contributed by atoms with van der Waals surface area (Å²) in [4.78, 5) is 2.74. The molecular weight excluding hydrogens is 160 g/mol. The van der Waals surface area contributed by atoms with Crippen LogP contribution in [0.15, 0.2) is 0 Å². The zero-order valence-corrected chi connectivity index (χ0v) is 8.97. The highest BCUT2D eigenvalue weighted by molar-refractivity contribution is 4.95. The fraction of sp³-hybridized carbons (Fsp3) is 1.00. The third-order valence-corrected chi connectivity index (χ3v) is 3.93. The van der Waals surface area contributed by atoms with Gasteiger partial charge in [-0.1, -0.05) is 0 Å². The van der Waals surface area contributed by atoms with Gasteiger partial charge in [0.25, 0.3) is 0 Å². The number of piperidine rings is 1. The first-order valence-electron chi connectivity index (χ1n) is 5.70. The number of rotatable bonds is 1. The molecule has 0 aromatic rings. The van der Waals surface area contributed by atoms with E-state index in [9.17, 15) is 0 Å². The summed E-state index contributed by atoms with van der Waals surface area (Å²) in [6, 6.07) is 0.822. The van der Waals surface area contributed by atoms with Crippen LogP contribution in [0.5, 0.6) is 0 Å². The predicted octanol–water partition coefficient (Wildman–Crippen LogP) is 1.61. The monoisotopic (exact) mass is 182 g/mol. The molecule has 0 radical (unpaired) electrons. The topological polar surface area (TPSA) is 15.3 Å². The first kappa shape index (κ1) is 9.47. The van der Waals surface area contributed by atoms with Gasteiger partial charge in [-0.05, 0) is 59.2 Å². The Labute approximate surface area is 81.7 Å². The molecule has 0 spiro atoms. The third-order valence-electron chi connectivity index (χ3n) is 3.93. The molecule has 13 heavy (non-hydrogen) atoms. The lowest BCUT2D eigenvalue weighted by molar-refractivity contribution is 0.0665. The van der Waals surface area contributed by atoms with E-state index in [-0.39, 0.29) is 0 Å². The van der Waals surface area contributed by atoms with Gasteiger partial charge in [-0.15, -0.1) is 0 Å². The average molecular weight is 182 g/mol. The van der Waals surface area contributed by atoms with E-state index < -0.39 is 0 Å². The fourth-order valence-corrected chi connectivity index (χ4v) is 2.99. The number of hydrogen-bond donors (Lipinski definition) is 1. The molecule has 1 N–H and O–H groups in total. The molecule has 1 unspecified atom stereocenters. The summed E-state index contributed by atoms with van der Waals surface area (Å²) in [7, 11) is 0. The Morgan fingerprint density at radius 3 is 2.54 bits per heavy atom. The van der Waals surface area contributed by atoms with Crippen molar-refractivity contribution in [1.82, 2.24) is 10.2 Å². The second-order valence-corrected chi connectivity index (χ2v) is 4.93. The highest BCUT2D eigenvalue weighted by Crippen LogP contribution is 2.32. The molecule has 0 aliphatic carbocycles. The van der Waals surface area contributed by atoms with Crippen molar-refractivity contribution in [2.45, 2.75) is 51.1 Å². The van der Waals surface area contributed by atoms with E-state index in [0.29, 0.717) is 5.54 Å². The van der Waals surface area contributed by atoms with E-state index in [4.69, 9.17) is 0 Å². The molecule has 2 aliphatic rings. The second kappa shape index (κ2) is 3.58. The number of nitrogens with one attached hydrogen (secondary N) is 1. The molecule has 1 atom stereocenters. The second-order valence-electron chi connectivity index (χ2n) is 4.93. The van der Waals surface area contributed by atoms with Gasteiger partial charge in [-0.25, -0.2) is 0 Å². The Morgan fingerprint density at radius 1 is 1.31 bits per heavy atom. The van der Waals surface area contributed by atoms with E-state index in [1.807, 2.05) is 0 Å². The Morgan fingerprint density at radius 2 is 2.00 bits per heavy atom. The normalized spacial score (nSPS) is 35.1. The molecule has 2 nitrogen and oxygen atoms in total. The van der Waals surface area contributed by atoms with Gasteiger partial charge in [0.05, 0.1) is 0 Å². The zero-order chi connectivity index (χ0) is 9.31. The van der Waals surface area contributed by atoms with Gasteiger partial charge >= 0.3 is 0 Å². The number of nitrogens with zero attached hydrogens (tertiary/aromatic N) is 1. The highest BCUT2D eigenvalue weighted by Gasteiger charge is 2.37. The average Bonchev–Trinajstić information content (AvgIpc) is 2.53. The lowest BCUT2D eigenvalue weighted by Gasteiger charge is -2.44. The summed E-state index contributed by atoms with van der Waals surface area (Å²) in [6.07, 6.45) is 5.47. The smallest absolute Gasteiger partial charge is 0.0208 e. The van der Waals surface area contributed by atoms with Crippen molar-refractivity contribution >= 4 is 0 Å². The first-order chi connectivity index (χ1) is 6.22. The summed E-state index contributed by atoms with van der Waals surface area (Å²) in [6.45, 7) is 8.59. The van der Waals surface area contributed by atoms with Crippen molar-refractivity contribution in [2.75, 3.05) is 19.6 Å². The van der Waals surface area contributed by atoms with Crippen LogP contribution in [0.25, 0.3) is 0 Å². The molecular formula is C11H22N2. The minimum absolute atomic E-state index is 0.501. The Bertz CT molecular complexity index is 173. The maximum Gasteiger partial charge on any atom is 0.0208 e. The molecule has 0 aromatic carbocycles. The van der Waals surface area contributed by atoms with Gasteiger partial charge in [0.2, 0.25) is 0 Å². The summed E-state index contributed by atoms with van der Waals surface area (Å²) < 4.78 is 0. The van der Waals surface area contributed by atoms with E-state index in [0.717, 1.165) is 6.04 Å². The summed E-state index contributed by atoms with van der Waals surface area (Å²) >= 11 is 0. The standard InChI is InChI=1S/C11H22N2/c1-10-4-3-9-13(10)11(2)5-7-12-8-6-11/h10,12H,3-9H2,1-2H3. The zero-order valence-electron chi connectivity index (χ0n) is 8.97. The van der Waals surface area contributed by atoms with Crippen LogP contribution in [0.1, 0.15) is 39.5 Å². The van der Waals surface area contributed by atoms with Crippen LogP contribution in [0.4, 0.5) is 0 Å². The minimum atomic E-state index is 0.501. The molecule has 2 saturated heterocycles. The molecule has 2 rings (SSSR count). The lowest BCUT2D eigenvalue weighted by atomic mass is 9.88. The van der Waals surface area contributed by atoms with Crippen LogP contribution in [-0.2, 0) is 0 Å². The van der Waals surface area contributed by atoms with E-state index in [1.54, 1.807) is 0 Å². The first-order valence-corrected chi connectivity index (χ1v) is 5.70.